The number of piperazine rings is 1. The summed E-state index contributed by atoms with van der Waals surface area (Å²) < 4.78 is 2.27. The van der Waals surface area contributed by atoms with Gasteiger partial charge in [-0.1, -0.05) is 53.7 Å². The second-order valence-corrected chi connectivity index (χ2v) is 12.2. The Morgan fingerprint density at radius 2 is 1.53 bits per heavy atom. The van der Waals surface area contributed by atoms with Gasteiger partial charge in [-0.3, -0.25) is 9.69 Å². The zero-order valence-corrected chi connectivity index (χ0v) is 23.5. The predicted octanol–water partition coefficient (Wildman–Crippen LogP) is 5.24. The highest BCUT2D eigenvalue weighted by atomic mass is 32.1. The molecule has 3 heterocycles. The first-order valence-corrected chi connectivity index (χ1v) is 15.3. The van der Waals surface area contributed by atoms with Gasteiger partial charge in [0.1, 0.15) is 0 Å². The van der Waals surface area contributed by atoms with Crippen LogP contribution in [0, 0.1) is 6.92 Å². The van der Waals surface area contributed by atoms with E-state index < -0.39 is 0 Å². The third-order valence-electron chi connectivity index (χ3n) is 7.68. The largest absolute Gasteiger partial charge is 0.383 e. The molecule has 8 nitrogen and oxygen atoms in total. The van der Waals surface area contributed by atoms with Crippen LogP contribution in [0.4, 0.5) is 16.0 Å². The van der Waals surface area contributed by atoms with Gasteiger partial charge in [0.15, 0.2) is 10.3 Å². The number of para-hydroxylation sites is 1. The SMILES string of the molecule is Cc1c2nc(NCCNc3ccccc3)sc2cc2sc(NCC(=O)N3CCN(C4CCCC4)CC3)nc12. The summed E-state index contributed by atoms with van der Waals surface area (Å²) in [5.74, 6) is 0.159. The summed E-state index contributed by atoms with van der Waals surface area (Å²) in [5, 5.41) is 11.9. The maximum absolute atomic E-state index is 12.9. The average molecular weight is 550 g/mol. The van der Waals surface area contributed by atoms with Crippen molar-refractivity contribution in [3.8, 4) is 0 Å². The molecule has 1 saturated carbocycles. The van der Waals surface area contributed by atoms with Crippen LogP contribution < -0.4 is 16.0 Å². The molecule has 0 radical (unpaired) electrons. The molecule has 0 unspecified atom stereocenters. The van der Waals surface area contributed by atoms with Crippen molar-refractivity contribution in [3.63, 3.8) is 0 Å². The summed E-state index contributed by atoms with van der Waals surface area (Å²) in [6.07, 6.45) is 5.36. The van der Waals surface area contributed by atoms with Gasteiger partial charge in [-0.25, -0.2) is 9.97 Å². The van der Waals surface area contributed by atoms with Crippen molar-refractivity contribution in [2.45, 2.75) is 38.6 Å². The van der Waals surface area contributed by atoms with Crippen molar-refractivity contribution in [3.05, 3.63) is 42.0 Å². The third-order valence-corrected chi connectivity index (χ3v) is 9.60. The van der Waals surface area contributed by atoms with Gasteiger partial charge in [0.25, 0.3) is 0 Å². The normalized spacial score (nSPS) is 16.9. The Balaban J connectivity index is 1.03. The molecule has 10 heteroatoms. The minimum atomic E-state index is 0.159. The van der Waals surface area contributed by atoms with Gasteiger partial charge >= 0.3 is 0 Å². The van der Waals surface area contributed by atoms with Crippen LogP contribution in [0.3, 0.4) is 0 Å². The lowest BCUT2D eigenvalue weighted by molar-refractivity contribution is -0.131. The molecule has 1 saturated heterocycles. The van der Waals surface area contributed by atoms with Crippen molar-refractivity contribution < 1.29 is 4.79 Å². The standard InChI is InChI=1S/C28H35N7OS2/c1-19-25-22(37-27(32-25)30-12-11-29-20-7-3-2-4-8-20)17-23-26(19)33-28(38-23)31-18-24(36)35-15-13-34(14-16-35)21-9-5-6-10-21/h2-4,7-8,17,21,29H,5-6,9-16,18H2,1H3,(H,30,32)(H,31,33). The highest BCUT2D eigenvalue weighted by Crippen LogP contribution is 2.37. The zero-order chi connectivity index (χ0) is 25.9. The van der Waals surface area contributed by atoms with E-state index in [0.29, 0.717) is 6.54 Å². The minimum Gasteiger partial charge on any atom is -0.383 e. The number of nitrogens with zero attached hydrogens (tertiary/aromatic N) is 4. The molecule has 3 N–H and O–H groups in total. The number of carbonyl (C=O) groups is 1. The number of amides is 1. The van der Waals surface area contributed by atoms with Crippen LogP contribution >= 0.6 is 22.7 Å². The second-order valence-electron chi connectivity index (χ2n) is 10.2. The number of hydrogen-bond acceptors (Lipinski definition) is 9. The summed E-state index contributed by atoms with van der Waals surface area (Å²) in [7, 11) is 0. The average Bonchev–Trinajstić information content (AvgIpc) is 3.71. The summed E-state index contributed by atoms with van der Waals surface area (Å²) >= 11 is 3.28. The minimum absolute atomic E-state index is 0.159. The van der Waals surface area contributed by atoms with Crippen molar-refractivity contribution >= 4 is 65.0 Å². The molecule has 2 aliphatic rings. The Bertz CT molecular complexity index is 1390. The van der Waals surface area contributed by atoms with Gasteiger partial charge in [-0.05, 0) is 38.0 Å². The molecule has 1 aliphatic heterocycles. The fraction of sp³-hybridized carbons (Fsp3) is 0.464. The molecule has 1 aliphatic carbocycles. The van der Waals surface area contributed by atoms with Gasteiger partial charge in [0.05, 0.1) is 27.0 Å². The van der Waals surface area contributed by atoms with Crippen LogP contribution in [0.25, 0.3) is 20.4 Å². The fourth-order valence-electron chi connectivity index (χ4n) is 5.58. The molecule has 0 bridgehead atoms. The smallest absolute Gasteiger partial charge is 0.242 e. The van der Waals surface area contributed by atoms with Gasteiger partial charge < -0.3 is 20.9 Å². The number of aryl methyl sites for hydroxylation is 1. The molecule has 1 amide bonds. The molecule has 2 aromatic heterocycles. The Hall–Kier alpha value is -2.95. The van der Waals surface area contributed by atoms with Crippen molar-refractivity contribution in [1.29, 1.82) is 0 Å². The lowest BCUT2D eigenvalue weighted by Gasteiger charge is -2.38. The Kier molecular flexibility index (Phi) is 7.62. The van der Waals surface area contributed by atoms with Crippen LogP contribution in [0.15, 0.2) is 36.4 Å². The molecule has 0 atom stereocenters. The fourth-order valence-corrected chi connectivity index (χ4v) is 7.61. The summed E-state index contributed by atoms with van der Waals surface area (Å²) in [5.41, 5.74) is 4.16. The number of anilines is 3. The maximum Gasteiger partial charge on any atom is 0.242 e. The third kappa shape index (κ3) is 5.57. The first-order chi connectivity index (χ1) is 18.6. The molecule has 2 fully saturated rings. The number of hydrogen-bond donors (Lipinski definition) is 3. The van der Waals surface area contributed by atoms with Crippen LogP contribution in [0.1, 0.15) is 31.2 Å². The number of thiazole rings is 2. The van der Waals surface area contributed by atoms with E-state index in [0.717, 1.165) is 87.3 Å². The molecule has 4 aromatic rings. The van der Waals surface area contributed by atoms with E-state index in [1.54, 1.807) is 22.7 Å². The lowest BCUT2D eigenvalue weighted by Crippen LogP contribution is -2.52. The molecule has 200 valence electrons. The molecular weight excluding hydrogens is 514 g/mol. The van der Waals surface area contributed by atoms with E-state index in [9.17, 15) is 4.79 Å². The molecular formula is C28H35N7OS2. The van der Waals surface area contributed by atoms with Gasteiger partial charge in [-0.15, -0.1) is 0 Å². The maximum atomic E-state index is 12.9. The number of rotatable bonds is 9. The second kappa shape index (κ2) is 11.4. The van der Waals surface area contributed by atoms with Crippen molar-refractivity contribution in [2.24, 2.45) is 0 Å². The topological polar surface area (TPSA) is 85.4 Å². The number of fused-ring (bicyclic) bond motifs is 2. The molecule has 2 aromatic carbocycles. The molecule has 38 heavy (non-hydrogen) atoms. The quantitative estimate of drug-likeness (QED) is 0.246. The highest BCUT2D eigenvalue weighted by Gasteiger charge is 2.27. The van der Waals surface area contributed by atoms with E-state index in [2.05, 4.69) is 46.0 Å². The van der Waals surface area contributed by atoms with E-state index in [4.69, 9.17) is 9.97 Å². The van der Waals surface area contributed by atoms with E-state index >= 15 is 0 Å². The van der Waals surface area contributed by atoms with E-state index in [-0.39, 0.29) is 5.91 Å². The number of nitrogens with one attached hydrogen (secondary N) is 3. The number of carbonyl (C=O) groups excluding carboxylic acids is 1. The van der Waals surface area contributed by atoms with Gasteiger partial charge in [-0.2, -0.15) is 0 Å². The first-order valence-electron chi connectivity index (χ1n) is 13.6. The zero-order valence-electron chi connectivity index (χ0n) is 21.8. The van der Waals surface area contributed by atoms with Crippen LogP contribution in [0.2, 0.25) is 0 Å². The highest BCUT2D eigenvalue weighted by molar-refractivity contribution is 7.24. The molecule has 6 rings (SSSR count). The van der Waals surface area contributed by atoms with Crippen molar-refractivity contribution in [2.75, 3.05) is 61.8 Å². The van der Waals surface area contributed by atoms with Gasteiger partial charge in [0, 0.05) is 56.6 Å². The van der Waals surface area contributed by atoms with E-state index in [1.807, 2.05) is 23.1 Å². The molecule has 0 spiro atoms. The Labute approximate surface area is 231 Å². The predicted molar refractivity (Wildman–Crippen MR) is 160 cm³/mol. The van der Waals surface area contributed by atoms with Crippen LogP contribution in [0.5, 0.6) is 0 Å². The van der Waals surface area contributed by atoms with Crippen LogP contribution in [-0.4, -0.2) is 77.5 Å². The van der Waals surface area contributed by atoms with E-state index in [1.165, 1.54) is 25.7 Å². The first kappa shape index (κ1) is 25.3. The Morgan fingerprint density at radius 1 is 0.895 bits per heavy atom. The summed E-state index contributed by atoms with van der Waals surface area (Å²) in [6, 6.07) is 13.1. The lowest BCUT2D eigenvalue weighted by atomic mass is 10.2. The number of benzene rings is 2. The summed E-state index contributed by atoms with van der Waals surface area (Å²) in [6.45, 7) is 7.65. The number of aromatic nitrogens is 2. The Morgan fingerprint density at radius 3 is 2.21 bits per heavy atom. The van der Waals surface area contributed by atoms with Crippen molar-refractivity contribution in [1.82, 2.24) is 19.8 Å². The van der Waals surface area contributed by atoms with Crippen LogP contribution in [-0.2, 0) is 4.79 Å². The summed E-state index contributed by atoms with van der Waals surface area (Å²) in [4.78, 5) is 27.1. The van der Waals surface area contributed by atoms with Gasteiger partial charge in [0.2, 0.25) is 5.91 Å². The monoisotopic (exact) mass is 549 g/mol.